The van der Waals surface area contributed by atoms with Crippen molar-refractivity contribution in [2.45, 2.75) is 61.3 Å². The number of rotatable bonds is 9. The highest BCUT2D eigenvalue weighted by Gasteiger charge is 2.27. The molecule has 0 spiro atoms. The first-order valence-electron chi connectivity index (χ1n) is 7.81. The van der Waals surface area contributed by atoms with Crippen LogP contribution in [0.1, 0.15) is 61.3 Å². The maximum atomic E-state index is 4.53. The minimum absolute atomic E-state index is 0.316. The van der Waals surface area contributed by atoms with Crippen molar-refractivity contribution in [1.29, 1.82) is 0 Å². The Morgan fingerprint density at radius 1 is 1.11 bits per heavy atom. The van der Waals surface area contributed by atoms with Crippen LogP contribution in [0.5, 0.6) is 0 Å². The number of hydrogen-bond donors (Lipinski definition) is 0. The molecule has 0 aliphatic carbocycles. The van der Waals surface area contributed by atoms with Gasteiger partial charge in [-0.2, -0.15) is 0 Å². The van der Waals surface area contributed by atoms with Crippen molar-refractivity contribution in [2.75, 3.05) is 6.54 Å². The van der Waals surface area contributed by atoms with E-state index in [0.29, 0.717) is 29.1 Å². The first-order valence-corrected chi connectivity index (χ1v) is 7.81. The fourth-order valence-electron chi connectivity index (χ4n) is 2.15. The predicted molar refractivity (Wildman–Crippen MR) is 88.9 cm³/mol. The van der Waals surface area contributed by atoms with Gasteiger partial charge in [-0.25, -0.2) is 0 Å². The molecular weight excluding hydrogens is 230 g/mol. The maximum Gasteiger partial charge on any atom is 0.0408 e. The van der Waals surface area contributed by atoms with E-state index < -0.39 is 0 Å². The highest BCUT2D eigenvalue weighted by Crippen LogP contribution is 2.36. The van der Waals surface area contributed by atoms with Crippen LogP contribution < -0.4 is 0 Å². The molecule has 0 bridgehead atoms. The van der Waals surface area contributed by atoms with E-state index in [1.165, 1.54) is 6.42 Å². The number of nitrogens with zero attached hydrogens (tertiary/aromatic N) is 1. The van der Waals surface area contributed by atoms with E-state index in [1.54, 1.807) is 0 Å². The molecule has 112 valence electrons. The van der Waals surface area contributed by atoms with Gasteiger partial charge < -0.3 is 0 Å². The fourth-order valence-corrected chi connectivity index (χ4v) is 2.15. The summed E-state index contributed by atoms with van der Waals surface area (Å²) in [7, 11) is 0. The van der Waals surface area contributed by atoms with Gasteiger partial charge in [-0.15, -0.1) is 6.58 Å². The smallest absolute Gasteiger partial charge is 0.0408 e. The van der Waals surface area contributed by atoms with Crippen molar-refractivity contribution in [1.82, 2.24) is 0 Å². The second-order valence-electron chi connectivity index (χ2n) is 7.41. The standard InChI is InChI=1S/C18H35N/c1-9-17(15(4)5)12-16(6)18(7,8)10-11-19-13-14(2)3/h9,11,14-17H,1,10,12-13H2,2-8H3. The van der Waals surface area contributed by atoms with E-state index in [-0.39, 0.29) is 0 Å². The largest absolute Gasteiger partial charge is 0.297 e. The summed E-state index contributed by atoms with van der Waals surface area (Å²) < 4.78 is 0. The lowest BCUT2D eigenvalue weighted by Crippen LogP contribution is -2.25. The Labute approximate surface area is 121 Å². The summed E-state index contributed by atoms with van der Waals surface area (Å²) in [6, 6.07) is 0. The molecule has 0 aromatic carbocycles. The van der Waals surface area contributed by atoms with Crippen molar-refractivity contribution in [3.63, 3.8) is 0 Å². The minimum atomic E-state index is 0.316. The van der Waals surface area contributed by atoms with Gasteiger partial charge in [-0.05, 0) is 48.1 Å². The van der Waals surface area contributed by atoms with Crippen LogP contribution in [0.4, 0.5) is 0 Å². The van der Waals surface area contributed by atoms with E-state index in [4.69, 9.17) is 0 Å². The fraction of sp³-hybridized carbons (Fsp3) is 0.833. The zero-order valence-corrected chi connectivity index (χ0v) is 14.2. The van der Waals surface area contributed by atoms with Crippen LogP contribution in [0.2, 0.25) is 0 Å². The lowest BCUT2D eigenvalue weighted by atomic mass is 9.72. The average molecular weight is 265 g/mol. The van der Waals surface area contributed by atoms with Crippen LogP contribution in [0.15, 0.2) is 17.6 Å². The van der Waals surface area contributed by atoms with Gasteiger partial charge in [0.1, 0.15) is 0 Å². The van der Waals surface area contributed by atoms with Crippen LogP contribution >= 0.6 is 0 Å². The minimum Gasteiger partial charge on any atom is -0.297 e. The number of aliphatic imine (C=N–C) groups is 1. The number of allylic oxidation sites excluding steroid dienone is 1. The summed E-state index contributed by atoms with van der Waals surface area (Å²) in [4.78, 5) is 4.53. The molecule has 1 nitrogen and oxygen atoms in total. The molecule has 1 heteroatoms. The summed E-state index contributed by atoms with van der Waals surface area (Å²) >= 11 is 0. The SMILES string of the molecule is C=CC(CC(C)C(C)(C)CC=NCC(C)C)C(C)C. The molecule has 0 saturated carbocycles. The molecule has 0 amide bonds. The van der Waals surface area contributed by atoms with Crippen LogP contribution in [0, 0.1) is 29.1 Å². The second-order valence-corrected chi connectivity index (χ2v) is 7.41. The zero-order chi connectivity index (χ0) is 15.1. The van der Waals surface area contributed by atoms with Crippen molar-refractivity contribution >= 4 is 6.21 Å². The third kappa shape index (κ3) is 7.54. The molecule has 0 rings (SSSR count). The molecule has 2 unspecified atom stereocenters. The van der Waals surface area contributed by atoms with Crippen LogP contribution in [-0.2, 0) is 0 Å². The van der Waals surface area contributed by atoms with Gasteiger partial charge in [-0.3, -0.25) is 4.99 Å². The summed E-state index contributed by atoms with van der Waals surface area (Å²) in [6.07, 6.45) is 6.56. The molecule has 0 aliphatic heterocycles. The van der Waals surface area contributed by atoms with Crippen LogP contribution in [0.25, 0.3) is 0 Å². The molecule has 0 saturated heterocycles. The number of hydrogen-bond acceptors (Lipinski definition) is 1. The quantitative estimate of drug-likeness (QED) is 0.379. The Morgan fingerprint density at radius 2 is 1.68 bits per heavy atom. The molecule has 19 heavy (non-hydrogen) atoms. The lowest BCUT2D eigenvalue weighted by Gasteiger charge is -2.33. The third-order valence-corrected chi connectivity index (χ3v) is 4.34. The molecular formula is C18H35N. The monoisotopic (exact) mass is 265 g/mol. The van der Waals surface area contributed by atoms with Gasteiger partial charge in [0, 0.05) is 6.54 Å². The van der Waals surface area contributed by atoms with Crippen molar-refractivity contribution in [2.24, 2.45) is 34.1 Å². The van der Waals surface area contributed by atoms with Gasteiger partial charge in [0.25, 0.3) is 0 Å². The van der Waals surface area contributed by atoms with Crippen molar-refractivity contribution in [3.8, 4) is 0 Å². The first kappa shape index (κ1) is 18.4. The molecule has 0 fully saturated rings. The molecule has 0 aliphatic rings. The molecule has 0 heterocycles. The van der Waals surface area contributed by atoms with E-state index in [2.05, 4.69) is 72.3 Å². The Bertz CT molecular complexity index is 273. The van der Waals surface area contributed by atoms with Gasteiger partial charge in [0.15, 0.2) is 0 Å². The topological polar surface area (TPSA) is 12.4 Å². The van der Waals surface area contributed by atoms with Crippen LogP contribution in [-0.4, -0.2) is 12.8 Å². The molecule has 0 aromatic rings. The molecule has 0 N–H and O–H groups in total. The van der Waals surface area contributed by atoms with Crippen LogP contribution in [0.3, 0.4) is 0 Å². The lowest BCUT2D eigenvalue weighted by molar-refractivity contribution is 0.197. The summed E-state index contributed by atoms with van der Waals surface area (Å²) in [5, 5.41) is 0. The maximum absolute atomic E-state index is 4.53. The Balaban J connectivity index is 4.37. The molecule has 0 radical (unpaired) electrons. The van der Waals surface area contributed by atoms with E-state index in [0.717, 1.165) is 13.0 Å². The predicted octanol–water partition coefficient (Wildman–Crippen LogP) is 5.61. The van der Waals surface area contributed by atoms with E-state index in [9.17, 15) is 0 Å². The highest BCUT2D eigenvalue weighted by molar-refractivity contribution is 5.58. The normalized spacial score (nSPS) is 16.3. The Kier molecular flexibility index (Phi) is 8.29. The summed E-state index contributed by atoms with van der Waals surface area (Å²) in [5.41, 5.74) is 0.316. The first-order chi connectivity index (χ1) is 8.70. The summed E-state index contributed by atoms with van der Waals surface area (Å²) in [5.74, 6) is 2.65. The Hall–Kier alpha value is -0.590. The van der Waals surface area contributed by atoms with Gasteiger partial charge in [-0.1, -0.05) is 54.5 Å². The second kappa shape index (κ2) is 8.55. The summed E-state index contributed by atoms with van der Waals surface area (Å²) in [6.45, 7) is 21.0. The van der Waals surface area contributed by atoms with Crippen molar-refractivity contribution < 1.29 is 0 Å². The molecule has 2 atom stereocenters. The average Bonchev–Trinajstić information content (AvgIpc) is 2.30. The molecule has 0 aromatic heterocycles. The highest BCUT2D eigenvalue weighted by atomic mass is 14.7. The van der Waals surface area contributed by atoms with Gasteiger partial charge in [0.2, 0.25) is 0 Å². The van der Waals surface area contributed by atoms with Gasteiger partial charge in [0.05, 0.1) is 0 Å². The third-order valence-electron chi connectivity index (χ3n) is 4.34. The Morgan fingerprint density at radius 3 is 2.11 bits per heavy atom. The van der Waals surface area contributed by atoms with E-state index >= 15 is 0 Å². The zero-order valence-electron chi connectivity index (χ0n) is 14.2. The van der Waals surface area contributed by atoms with Crippen molar-refractivity contribution in [3.05, 3.63) is 12.7 Å². The van der Waals surface area contributed by atoms with Gasteiger partial charge >= 0.3 is 0 Å². The van der Waals surface area contributed by atoms with E-state index in [1.807, 2.05) is 0 Å².